The van der Waals surface area contributed by atoms with Crippen LogP contribution >= 0.6 is 24.8 Å². The number of rotatable bonds is 3. The summed E-state index contributed by atoms with van der Waals surface area (Å²) in [5.41, 5.74) is 13.2. The minimum Gasteiger partial charge on any atom is -0.497 e. The average Bonchev–Trinajstić information content (AvgIpc) is 3.03. The van der Waals surface area contributed by atoms with Crippen LogP contribution in [0.25, 0.3) is 0 Å². The molecule has 2 aliphatic rings. The molecule has 31 heavy (non-hydrogen) atoms. The lowest BCUT2D eigenvalue weighted by Gasteiger charge is -2.44. The van der Waals surface area contributed by atoms with Crippen LogP contribution in [0.1, 0.15) is 66.3 Å². The van der Waals surface area contributed by atoms with Crippen LogP contribution in [0.2, 0.25) is 0 Å². The highest BCUT2D eigenvalue weighted by molar-refractivity contribution is 5.85. The van der Waals surface area contributed by atoms with E-state index in [2.05, 4.69) is 63.8 Å². The van der Waals surface area contributed by atoms with Crippen molar-refractivity contribution in [3.05, 3.63) is 52.1 Å². The molecule has 0 spiro atoms. The van der Waals surface area contributed by atoms with Gasteiger partial charge in [-0.05, 0) is 80.8 Å². The Kier molecular flexibility index (Phi) is 7.84. The van der Waals surface area contributed by atoms with E-state index in [9.17, 15) is 0 Å². The Balaban J connectivity index is 0.00000171. The van der Waals surface area contributed by atoms with Crippen molar-refractivity contribution in [3.63, 3.8) is 0 Å². The van der Waals surface area contributed by atoms with E-state index in [1.807, 2.05) is 0 Å². The number of hydrogen-bond donors (Lipinski definition) is 1. The minimum atomic E-state index is -0.317. The van der Waals surface area contributed by atoms with Crippen LogP contribution in [0, 0.1) is 20.8 Å². The van der Waals surface area contributed by atoms with Crippen LogP contribution in [-0.2, 0) is 0 Å². The summed E-state index contributed by atoms with van der Waals surface area (Å²) in [6.07, 6.45) is 2.29. The van der Waals surface area contributed by atoms with Crippen molar-refractivity contribution in [1.82, 2.24) is 4.90 Å². The monoisotopic (exact) mass is 466 g/mol. The number of fused-ring (bicyclic) bond motifs is 1. The molecule has 0 aromatic heterocycles. The number of hydrogen-bond acceptors (Lipinski definition) is 4. The summed E-state index contributed by atoms with van der Waals surface area (Å²) < 4.78 is 12.0. The zero-order chi connectivity index (χ0) is 20.9. The van der Waals surface area contributed by atoms with E-state index < -0.39 is 0 Å². The van der Waals surface area contributed by atoms with Gasteiger partial charge in [-0.3, -0.25) is 4.90 Å². The molecule has 1 saturated heterocycles. The first kappa shape index (κ1) is 25.6. The van der Waals surface area contributed by atoms with Gasteiger partial charge in [0.15, 0.2) is 5.72 Å². The lowest BCUT2D eigenvalue weighted by Crippen LogP contribution is -2.54. The standard InChI is InChI=1S/C25H34N2O2.2ClH/c1-15-16(2)24-22(17(3)23(15)26)18(4)25(5,29-24)27-13-11-20(12-14-27)19-7-9-21(28-6)10-8-19;;/h7-10,18,20H,11-14,26H2,1-6H3;2*1H/t18?,25-;;/m1../s1. The number of nitrogens with zero attached hydrogens (tertiary/aromatic N) is 1. The Morgan fingerprint density at radius 1 is 1.00 bits per heavy atom. The zero-order valence-corrected chi connectivity index (χ0v) is 21.1. The smallest absolute Gasteiger partial charge is 0.167 e. The molecule has 0 radical (unpaired) electrons. The van der Waals surface area contributed by atoms with E-state index in [0.717, 1.165) is 48.7 Å². The highest BCUT2D eigenvalue weighted by Crippen LogP contribution is 2.52. The molecular weight excluding hydrogens is 431 g/mol. The number of piperidine rings is 1. The Hall–Kier alpha value is -1.62. The van der Waals surface area contributed by atoms with E-state index in [1.165, 1.54) is 22.3 Å². The number of benzene rings is 2. The van der Waals surface area contributed by atoms with E-state index in [-0.39, 0.29) is 36.5 Å². The van der Waals surface area contributed by atoms with Crippen molar-refractivity contribution in [3.8, 4) is 11.5 Å². The molecule has 2 aromatic carbocycles. The van der Waals surface area contributed by atoms with Gasteiger partial charge < -0.3 is 15.2 Å². The Bertz CT molecular complexity index is 924. The lowest BCUT2D eigenvalue weighted by molar-refractivity contribution is -0.0811. The molecular formula is C25H36Cl2N2O2. The van der Waals surface area contributed by atoms with Crippen LogP contribution in [0.3, 0.4) is 0 Å². The van der Waals surface area contributed by atoms with Crippen LogP contribution in [-0.4, -0.2) is 30.8 Å². The van der Waals surface area contributed by atoms with E-state index in [4.69, 9.17) is 15.2 Å². The molecule has 2 aliphatic heterocycles. The Labute approximate surface area is 199 Å². The molecule has 4 rings (SSSR count). The Morgan fingerprint density at radius 3 is 2.13 bits per heavy atom. The fourth-order valence-corrected chi connectivity index (χ4v) is 5.26. The van der Waals surface area contributed by atoms with Gasteiger partial charge in [-0.25, -0.2) is 0 Å². The topological polar surface area (TPSA) is 47.7 Å². The van der Waals surface area contributed by atoms with Gasteiger partial charge in [-0.15, -0.1) is 24.8 Å². The van der Waals surface area contributed by atoms with Gasteiger partial charge in [-0.2, -0.15) is 0 Å². The molecule has 0 amide bonds. The van der Waals surface area contributed by atoms with Crippen molar-refractivity contribution in [1.29, 1.82) is 0 Å². The number of nitrogens with two attached hydrogens (primary N) is 1. The second-order valence-electron chi connectivity index (χ2n) is 8.94. The molecule has 0 aliphatic carbocycles. The van der Waals surface area contributed by atoms with Crippen molar-refractivity contribution in [2.45, 2.75) is 65.0 Å². The van der Waals surface area contributed by atoms with Crippen LogP contribution < -0.4 is 15.2 Å². The molecule has 6 heteroatoms. The van der Waals surface area contributed by atoms with Crippen LogP contribution in [0.5, 0.6) is 11.5 Å². The molecule has 2 atom stereocenters. The Morgan fingerprint density at radius 2 is 1.58 bits per heavy atom. The van der Waals surface area contributed by atoms with Crippen molar-refractivity contribution in [2.75, 3.05) is 25.9 Å². The molecule has 4 nitrogen and oxygen atoms in total. The summed E-state index contributed by atoms with van der Waals surface area (Å²) in [5, 5.41) is 0. The number of methoxy groups -OCH3 is 1. The average molecular weight is 467 g/mol. The fraction of sp³-hybridized carbons (Fsp3) is 0.520. The number of likely N-dealkylation sites (tertiary alicyclic amines) is 1. The highest BCUT2D eigenvalue weighted by atomic mass is 35.5. The summed E-state index contributed by atoms with van der Waals surface area (Å²) in [5.74, 6) is 2.87. The van der Waals surface area contributed by atoms with Gasteiger partial charge >= 0.3 is 0 Å². The van der Waals surface area contributed by atoms with Gasteiger partial charge in [0, 0.05) is 30.3 Å². The maximum absolute atomic E-state index is 6.72. The SMILES string of the molecule is COc1ccc(C2CCN([C@]3(C)Oc4c(C)c(C)c(N)c(C)c4C3C)CC2)cc1.Cl.Cl. The van der Waals surface area contributed by atoms with Crippen molar-refractivity contribution in [2.24, 2.45) is 0 Å². The molecule has 0 bridgehead atoms. The summed E-state index contributed by atoms with van der Waals surface area (Å²) in [6.45, 7) is 13.0. The number of nitrogen functional groups attached to an aromatic ring is 1. The molecule has 172 valence electrons. The van der Waals surface area contributed by atoms with Crippen LogP contribution in [0.15, 0.2) is 24.3 Å². The third-order valence-corrected chi connectivity index (χ3v) is 7.61. The molecule has 1 unspecified atom stereocenters. The molecule has 2 heterocycles. The molecule has 2 aromatic rings. The van der Waals surface area contributed by atoms with E-state index >= 15 is 0 Å². The maximum atomic E-state index is 6.72. The number of ether oxygens (including phenoxy) is 2. The number of anilines is 1. The number of halogens is 2. The maximum Gasteiger partial charge on any atom is 0.167 e. The van der Waals surface area contributed by atoms with E-state index in [1.54, 1.807) is 7.11 Å². The zero-order valence-electron chi connectivity index (χ0n) is 19.5. The summed E-state index contributed by atoms with van der Waals surface area (Å²) >= 11 is 0. The van der Waals surface area contributed by atoms with Gasteiger partial charge in [0.1, 0.15) is 11.5 Å². The second-order valence-corrected chi connectivity index (χ2v) is 8.94. The third-order valence-electron chi connectivity index (χ3n) is 7.61. The van der Waals surface area contributed by atoms with Crippen molar-refractivity contribution < 1.29 is 9.47 Å². The first-order chi connectivity index (χ1) is 13.8. The quantitative estimate of drug-likeness (QED) is 0.551. The summed E-state index contributed by atoms with van der Waals surface area (Å²) in [6, 6.07) is 8.56. The normalized spacial score (nSPS) is 23.4. The van der Waals surface area contributed by atoms with Crippen molar-refractivity contribution >= 4 is 30.5 Å². The first-order valence-corrected chi connectivity index (χ1v) is 10.7. The fourth-order valence-electron chi connectivity index (χ4n) is 5.26. The van der Waals surface area contributed by atoms with Gasteiger partial charge in [-0.1, -0.05) is 19.1 Å². The largest absolute Gasteiger partial charge is 0.497 e. The summed E-state index contributed by atoms with van der Waals surface area (Å²) in [7, 11) is 1.72. The van der Waals surface area contributed by atoms with Gasteiger partial charge in [0.05, 0.1) is 7.11 Å². The third kappa shape index (κ3) is 4.10. The summed E-state index contributed by atoms with van der Waals surface area (Å²) in [4.78, 5) is 2.54. The van der Waals surface area contributed by atoms with E-state index in [0.29, 0.717) is 5.92 Å². The van der Waals surface area contributed by atoms with Crippen LogP contribution in [0.4, 0.5) is 5.69 Å². The predicted octanol–water partition coefficient (Wildman–Crippen LogP) is 6.14. The minimum absolute atomic E-state index is 0. The van der Waals surface area contributed by atoms with Gasteiger partial charge in [0.25, 0.3) is 0 Å². The first-order valence-electron chi connectivity index (χ1n) is 10.7. The predicted molar refractivity (Wildman–Crippen MR) is 134 cm³/mol. The lowest BCUT2D eigenvalue weighted by atomic mass is 9.84. The van der Waals surface area contributed by atoms with Gasteiger partial charge in [0.2, 0.25) is 0 Å². The molecule has 1 fully saturated rings. The molecule has 0 saturated carbocycles. The molecule has 2 N–H and O–H groups in total. The second kappa shape index (κ2) is 9.48. The highest BCUT2D eigenvalue weighted by Gasteiger charge is 2.49.